The zero-order valence-corrected chi connectivity index (χ0v) is 18.8. The second kappa shape index (κ2) is 6.85. The van der Waals surface area contributed by atoms with Gasteiger partial charge in [-0.05, 0) is 78.4 Å². The normalized spacial score (nSPS) is 45.9. The molecule has 1 spiro atoms. The largest absolute Gasteiger partial charge is 0.481 e. The standard InChI is InChI=1S/C25H38O4/c1-15(2)17-12-25-10-7-19-23(3,14-21(26)29-5)8-6-9-24(19,4)20(25)11-16(17)18(13-25)22(27)28/h12,15-16,18-20H,6-11,13-14H2,1-5H3,(H,27,28). The molecule has 1 N–H and O–H groups in total. The highest BCUT2D eigenvalue weighted by Gasteiger charge is 2.65. The fourth-order valence-electron chi connectivity index (χ4n) is 8.58. The maximum atomic E-state index is 12.2. The number of carbonyl (C=O) groups excluding carboxylic acids is 1. The van der Waals surface area contributed by atoms with E-state index in [1.807, 2.05) is 0 Å². The van der Waals surface area contributed by atoms with Gasteiger partial charge < -0.3 is 9.84 Å². The lowest BCUT2D eigenvalue weighted by molar-refractivity contribution is -0.178. The highest BCUT2D eigenvalue weighted by Crippen LogP contribution is 2.72. The number of rotatable bonds is 4. The Bertz CT molecular complexity index is 739. The quantitative estimate of drug-likeness (QED) is 0.500. The second-order valence-corrected chi connectivity index (χ2v) is 11.4. The maximum Gasteiger partial charge on any atom is 0.307 e. The van der Waals surface area contributed by atoms with E-state index in [0.717, 1.165) is 38.5 Å². The topological polar surface area (TPSA) is 63.6 Å². The fourth-order valence-corrected chi connectivity index (χ4v) is 8.58. The molecule has 4 heteroatoms. The number of carboxylic acid groups (broad SMARTS) is 1. The van der Waals surface area contributed by atoms with Gasteiger partial charge in [0.2, 0.25) is 0 Å². The van der Waals surface area contributed by atoms with Crippen LogP contribution in [0.15, 0.2) is 11.6 Å². The van der Waals surface area contributed by atoms with Gasteiger partial charge in [-0.3, -0.25) is 9.59 Å². The molecule has 3 fully saturated rings. The summed E-state index contributed by atoms with van der Waals surface area (Å²) in [7, 11) is 1.49. The van der Waals surface area contributed by atoms with Crippen molar-refractivity contribution in [2.24, 2.45) is 45.8 Å². The molecule has 0 aromatic heterocycles. The highest BCUT2D eigenvalue weighted by molar-refractivity contribution is 5.72. The number of esters is 1. The Balaban J connectivity index is 1.73. The number of hydrogen-bond acceptors (Lipinski definition) is 3. The van der Waals surface area contributed by atoms with Crippen LogP contribution in [0.3, 0.4) is 0 Å². The van der Waals surface area contributed by atoms with Crippen LogP contribution in [0.25, 0.3) is 0 Å². The van der Waals surface area contributed by atoms with E-state index < -0.39 is 5.97 Å². The molecule has 4 nitrogen and oxygen atoms in total. The number of ether oxygens (including phenoxy) is 1. The Morgan fingerprint density at radius 2 is 1.93 bits per heavy atom. The van der Waals surface area contributed by atoms with Gasteiger partial charge in [-0.15, -0.1) is 0 Å². The third-order valence-corrected chi connectivity index (χ3v) is 9.71. The van der Waals surface area contributed by atoms with Crippen LogP contribution in [-0.2, 0) is 14.3 Å². The minimum absolute atomic E-state index is 0.00478. The van der Waals surface area contributed by atoms with E-state index in [2.05, 4.69) is 33.8 Å². The van der Waals surface area contributed by atoms with Crippen molar-refractivity contribution in [3.05, 3.63) is 11.6 Å². The third kappa shape index (κ3) is 2.99. The van der Waals surface area contributed by atoms with Crippen LogP contribution in [0.1, 0.15) is 79.1 Å². The summed E-state index contributed by atoms with van der Waals surface area (Å²) < 4.78 is 5.05. The van der Waals surface area contributed by atoms with E-state index in [1.165, 1.54) is 19.1 Å². The SMILES string of the molecule is COC(=O)CC1(C)CCCC2(C)C1CCC13C=C(C(C)C)C(CC12)C(C(=O)O)C3. The van der Waals surface area contributed by atoms with Crippen molar-refractivity contribution in [1.29, 1.82) is 0 Å². The molecular weight excluding hydrogens is 364 g/mol. The molecule has 5 rings (SSSR count). The molecule has 29 heavy (non-hydrogen) atoms. The lowest BCUT2D eigenvalue weighted by Crippen LogP contribution is -2.61. The molecule has 0 amide bonds. The average Bonchev–Trinajstić information content (AvgIpc) is 2.66. The number of fused-ring (bicyclic) bond motifs is 2. The van der Waals surface area contributed by atoms with Crippen LogP contribution in [-0.4, -0.2) is 24.2 Å². The van der Waals surface area contributed by atoms with Crippen LogP contribution in [0, 0.1) is 45.8 Å². The molecule has 5 aliphatic carbocycles. The summed E-state index contributed by atoms with van der Waals surface area (Å²) in [5.41, 5.74) is 1.61. The number of methoxy groups -OCH3 is 1. The minimum atomic E-state index is -0.606. The predicted octanol–water partition coefficient (Wildman–Crippen LogP) is 5.47. The van der Waals surface area contributed by atoms with E-state index in [0.29, 0.717) is 24.2 Å². The van der Waals surface area contributed by atoms with Crippen molar-refractivity contribution >= 4 is 11.9 Å². The van der Waals surface area contributed by atoms with Crippen LogP contribution in [0.2, 0.25) is 0 Å². The van der Waals surface area contributed by atoms with Gasteiger partial charge in [-0.25, -0.2) is 0 Å². The first-order valence-electron chi connectivity index (χ1n) is 11.6. The average molecular weight is 403 g/mol. The molecule has 0 heterocycles. The molecule has 162 valence electrons. The summed E-state index contributed by atoms with van der Waals surface area (Å²) in [6.45, 7) is 9.22. The van der Waals surface area contributed by atoms with Crippen molar-refractivity contribution in [3.63, 3.8) is 0 Å². The number of carbonyl (C=O) groups is 2. The van der Waals surface area contributed by atoms with Gasteiger partial charge in [-0.2, -0.15) is 0 Å². The first-order chi connectivity index (χ1) is 13.6. The van der Waals surface area contributed by atoms with Crippen LogP contribution < -0.4 is 0 Å². The number of allylic oxidation sites excluding steroid dienone is 2. The van der Waals surface area contributed by atoms with Crippen LogP contribution in [0.4, 0.5) is 0 Å². The Morgan fingerprint density at radius 3 is 2.55 bits per heavy atom. The summed E-state index contributed by atoms with van der Waals surface area (Å²) in [5, 5.41) is 9.97. The molecule has 7 atom stereocenters. The number of hydrogen-bond donors (Lipinski definition) is 1. The monoisotopic (exact) mass is 402 g/mol. The molecule has 0 aromatic carbocycles. The first-order valence-corrected chi connectivity index (χ1v) is 11.6. The van der Waals surface area contributed by atoms with E-state index in [-0.39, 0.29) is 34.1 Å². The zero-order valence-electron chi connectivity index (χ0n) is 18.8. The molecule has 0 radical (unpaired) electrons. The Morgan fingerprint density at radius 1 is 1.21 bits per heavy atom. The van der Waals surface area contributed by atoms with E-state index in [4.69, 9.17) is 4.74 Å². The van der Waals surface area contributed by atoms with Crippen molar-refractivity contribution in [3.8, 4) is 0 Å². The molecule has 3 saturated carbocycles. The van der Waals surface area contributed by atoms with Gasteiger partial charge >= 0.3 is 11.9 Å². The predicted molar refractivity (Wildman–Crippen MR) is 112 cm³/mol. The second-order valence-electron chi connectivity index (χ2n) is 11.4. The van der Waals surface area contributed by atoms with Crippen molar-refractivity contribution < 1.29 is 19.4 Å². The van der Waals surface area contributed by atoms with Gasteiger partial charge in [0.05, 0.1) is 19.4 Å². The summed E-state index contributed by atoms with van der Waals surface area (Å²) in [6.07, 6.45) is 10.5. The molecule has 0 aliphatic heterocycles. The Labute approximate surface area is 175 Å². The van der Waals surface area contributed by atoms with Crippen molar-refractivity contribution in [2.75, 3.05) is 7.11 Å². The summed E-state index contributed by atoms with van der Waals surface area (Å²) in [4.78, 5) is 24.3. The summed E-state index contributed by atoms with van der Waals surface area (Å²) in [6, 6.07) is 0. The minimum Gasteiger partial charge on any atom is -0.481 e. The molecular formula is C25H38O4. The van der Waals surface area contributed by atoms with Gasteiger partial charge in [0.15, 0.2) is 0 Å². The lowest BCUT2D eigenvalue weighted by Gasteiger charge is -2.68. The molecule has 2 bridgehead atoms. The van der Waals surface area contributed by atoms with E-state index >= 15 is 0 Å². The lowest BCUT2D eigenvalue weighted by atomic mass is 9.36. The van der Waals surface area contributed by atoms with E-state index in [9.17, 15) is 14.7 Å². The van der Waals surface area contributed by atoms with Gasteiger partial charge in [0.1, 0.15) is 0 Å². The Hall–Kier alpha value is -1.32. The number of aliphatic carboxylic acids is 1. The summed E-state index contributed by atoms with van der Waals surface area (Å²) >= 11 is 0. The molecule has 5 aliphatic rings. The van der Waals surface area contributed by atoms with Gasteiger partial charge in [-0.1, -0.05) is 45.8 Å². The zero-order chi connectivity index (χ0) is 21.2. The van der Waals surface area contributed by atoms with Gasteiger partial charge in [0, 0.05) is 0 Å². The fraction of sp³-hybridized carbons (Fsp3) is 0.840. The third-order valence-electron chi connectivity index (χ3n) is 9.71. The molecule has 0 aromatic rings. The smallest absolute Gasteiger partial charge is 0.307 e. The number of carboxylic acids is 1. The molecule has 7 unspecified atom stereocenters. The van der Waals surface area contributed by atoms with Crippen molar-refractivity contribution in [1.82, 2.24) is 0 Å². The van der Waals surface area contributed by atoms with E-state index in [1.54, 1.807) is 0 Å². The van der Waals surface area contributed by atoms with Crippen LogP contribution >= 0.6 is 0 Å². The highest BCUT2D eigenvalue weighted by atomic mass is 16.5. The first kappa shape index (κ1) is 20.9. The van der Waals surface area contributed by atoms with Crippen molar-refractivity contribution in [2.45, 2.75) is 79.1 Å². The molecule has 0 saturated heterocycles. The Kier molecular flexibility index (Phi) is 4.94. The summed E-state index contributed by atoms with van der Waals surface area (Å²) in [5.74, 6) is 0.732. The maximum absolute atomic E-state index is 12.2. The van der Waals surface area contributed by atoms with Gasteiger partial charge in [0.25, 0.3) is 0 Å². The van der Waals surface area contributed by atoms with Crippen LogP contribution in [0.5, 0.6) is 0 Å².